The molecule has 38 heavy (non-hydrogen) atoms. The number of fused-ring (bicyclic) bond motifs is 5. The summed E-state index contributed by atoms with van der Waals surface area (Å²) in [6, 6.07) is 12.7. The van der Waals surface area contributed by atoms with Gasteiger partial charge in [-0.15, -0.1) is 24.9 Å². The first-order chi connectivity index (χ1) is 17.9. The van der Waals surface area contributed by atoms with Gasteiger partial charge >= 0.3 is 16.5 Å². The van der Waals surface area contributed by atoms with E-state index in [2.05, 4.69) is 35.4 Å². The van der Waals surface area contributed by atoms with Gasteiger partial charge in [-0.25, -0.2) is 0 Å². The molecular formula is C29H33F3O4S2. The van der Waals surface area contributed by atoms with E-state index in [-0.39, 0.29) is 17.3 Å². The number of ketones is 1. The lowest BCUT2D eigenvalue weighted by atomic mass is 9.54. The van der Waals surface area contributed by atoms with Gasteiger partial charge in [0, 0.05) is 17.2 Å². The average molecular weight is 567 g/mol. The number of thioether (sulfide) groups is 1. The fraction of sp³-hybridized carbons (Fsp3) is 0.552. The van der Waals surface area contributed by atoms with E-state index in [0.29, 0.717) is 30.5 Å². The van der Waals surface area contributed by atoms with Gasteiger partial charge in [-0.05, 0) is 115 Å². The molecule has 3 aliphatic carbocycles. The van der Waals surface area contributed by atoms with Crippen LogP contribution >= 0.6 is 11.8 Å². The zero-order valence-corrected chi connectivity index (χ0v) is 23.2. The molecule has 0 unspecified atom stereocenters. The van der Waals surface area contributed by atoms with E-state index in [1.807, 2.05) is 6.26 Å². The molecule has 2 aromatic carbocycles. The molecule has 0 aromatic heterocycles. The number of benzene rings is 2. The van der Waals surface area contributed by atoms with Crippen molar-refractivity contribution in [3.8, 4) is 0 Å². The van der Waals surface area contributed by atoms with Crippen LogP contribution in [0.4, 0.5) is 13.2 Å². The smallest absolute Gasteiger partial charge is 0.299 e. The van der Waals surface area contributed by atoms with E-state index in [4.69, 9.17) is 0 Å². The summed E-state index contributed by atoms with van der Waals surface area (Å²) in [6.07, 6.45) is 3.31. The Balaban J connectivity index is 1.29. The standard InChI is InChI=1S/C29H33F3O4S2/c1-28-16-15-23-22-11-9-21(38(34,35)36-29(30,31)32)17-19(22)6-10-24(23)25(28)12-13-26(28)27(33)14-5-18-3-7-20(37-2)8-4-18/h3-4,7-9,11,17,23-26H,5-6,10,12-16H2,1-2H3/t23-,24-,25+,26-,28+/m1/s1. The van der Waals surface area contributed by atoms with E-state index in [9.17, 15) is 26.4 Å². The second-order valence-corrected chi connectivity index (χ2v) is 13.7. The van der Waals surface area contributed by atoms with Crippen LogP contribution in [0.2, 0.25) is 0 Å². The zero-order valence-electron chi connectivity index (χ0n) is 21.6. The Hall–Kier alpha value is -1.84. The van der Waals surface area contributed by atoms with Gasteiger partial charge in [-0.2, -0.15) is 12.6 Å². The average Bonchev–Trinajstić information content (AvgIpc) is 3.23. The van der Waals surface area contributed by atoms with Crippen LogP contribution in [0.1, 0.15) is 68.1 Å². The largest absolute Gasteiger partial charge is 0.537 e. The van der Waals surface area contributed by atoms with Crippen LogP contribution in [-0.2, 0) is 31.9 Å². The molecule has 2 fully saturated rings. The van der Waals surface area contributed by atoms with Crippen molar-refractivity contribution in [2.75, 3.05) is 6.26 Å². The number of aryl methyl sites for hydroxylation is 2. The highest BCUT2D eigenvalue weighted by molar-refractivity contribution is 7.98. The molecule has 2 aromatic rings. The Morgan fingerprint density at radius 2 is 1.82 bits per heavy atom. The van der Waals surface area contributed by atoms with Gasteiger partial charge in [0.05, 0.1) is 4.90 Å². The topological polar surface area (TPSA) is 60.4 Å². The number of Topliss-reactive ketones (excluding diaryl/α,β-unsaturated/α-hetero) is 1. The summed E-state index contributed by atoms with van der Waals surface area (Å²) in [5, 5.41) is 0. The fourth-order valence-corrected chi connectivity index (χ4v) is 8.92. The molecule has 9 heteroatoms. The van der Waals surface area contributed by atoms with Gasteiger partial charge in [0.2, 0.25) is 0 Å². The van der Waals surface area contributed by atoms with Gasteiger partial charge in [-0.1, -0.05) is 25.1 Å². The quantitative estimate of drug-likeness (QED) is 0.260. The summed E-state index contributed by atoms with van der Waals surface area (Å²) in [6.45, 7) is 2.29. The first-order valence-corrected chi connectivity index (χ1v) is 15.9. The third kappa shape index (κ3) is 5.30. The summed E-state index contributed by atoms with van der Waals surface area (Å²) in [5.74, 6) is 1.47. The summed E-state index contributed by atoms with van der Waals surface area (Å²) in [5.41, 5.74) is 2.98. The molecule has 0 bridgehead atoms. The molecule has 0 saturated heterocycles. The van der Waals surface area contributed by atoms with Crippen molar-refractivity contribution in [2.45, 2.75) is 80.4 Å². The first-order valence-electron chi connectivity index (χ1n) is 13.2. The number of carbonyl (C=O) groups excluding carboxylic acids is 1. The monoisotopic (exact) mass is 566 g/mol. The summed E-state index contributed by atoms with van der Waals surface area (Å²) in [7, 11) is -4.91. The predicted molar refractivity (Wildman–Crippen MR) is 140 cm³/mol. The van der Waals surface area contributed by atoms with Crippen molar-refractivity contribution in [3.05, 3.63) is 59.2 Å². The van der Waals surface area contributed by atoms with E-state index in [1.54, 1.807) is 17.8 Å². The van der Waals surface area contributed by atoms with Crippen LogP contribution in [0.15, 0.2) is 52.3 Å². The van der Waals surface area contributed by atoms with Crippen LogP contribution in [0.25, 0.3) is 0 Å². The number of alkyl halides is 3. The second-order valence-electron chi connectivity index (χ2n) is 11.2. The summed E-state index contributed by atoms with van der Waals surface area (Å²) in [4.78, 5) is 14.2. The fourth-order valence-electron chi connectivity index (χ4n) is 7.65. The highest BCUT2D eigenvalue weighted by Gasteiger charge is 2.56. The number of hydrogen-bond acceptors (Lipinski definition) is 5. The maximum absolute atomic E-state index is 13.4. The Morgan fingerprint density at radius 1 is 1.08 bits per heavy atom. The lowest BCUT2D eigenvalue weighted by Gasteiger charge is -2.50. The molecule has 5 atom stereocenters. The molecule has 4 nitrogen and oxygen atoms in total. The van der Waals surface area contributed by atoms with Crippen LogP contribution < -0.4 is 0 Å². The van der Waals surface area contributed by atoms with Crippen molar-refractivity contribution < 1.29 is 30.6 Å². The Bertz CT molecular complexity index is 1310. The SMILES string of the molecule is CSc1ccc(CCC(=O)[C@H]2CC[C@H]3[C@@H]4CCc5cc(S(=O)(=O)OC(F)(F)F)ccc5[C@H]4CC[C@]23C)cc1. The number of hydrogen-bond donors (Lipinski definition) is 0. The van der Waals surface area contributed by atoms with Gasteiger partial charge in [0.1, 0.15) is 5.78 Å². The molecule has 5 rings (SSSR count). The molecule has 206 valence electrons. The third-order valence-corrected chi connectivity index (χ3v) is 11.4. The number of halogens is 3. The minimum atomic E-state index is -5.26. The van der Waals surface area contributed by atoms with Crippen molar-refractivity contribution in [3.63, 3.8) is 0 Å². The number of rotatable bonds is 7. The minimum Gasteiger partial charge on any atom is -0.299 e. The lowest BCUT2D eigenvalue weighted by molar-refractivity contribution is -0.271. The molecule has 0 N–H and O–H groups in total. The maximum Gasteiger partial charge on any atom is 0.537 e. The van der Waals surface area contributed by atoms with Gasteiger partial charge in [0.25, 0.3) is 0 Å². The number of carbonyl (C=O) groups is 1. The van der Waals surface area contributed by atoms with Crippen molar-refractivity contribution in [1.82, 2.24) is 0 Å². The normalized spacial score (nSPS) is 28.9. The van der Waals surface area contributed by atoms with Crippen LogP contribution in [0.5, 0.6) is 0 Å². The van der Waals surface area contributed by atoms with Gasteiger partial charge < -0.3 is 0 Å². The molecule has 0 spiro atoms. The van der Waals surface area contributed by atoms with Gasteiger partial charge in [0.15, 0.2) is 0 Å². The highest BCUT2D eigenvalue weighted by Crippen LogP contribution is 2.63. The van der Waals surface area contributed by atoms with Crippen molar-refractivity contribution in [1.29, 1.82) is 0 Å². The summed E-state index contributed by atoms with van der Waals surface area (Å²) >= 11 is 1.70. The summed E-state index contributed by atoms with van der Waals surface area (Å²) < 4.78 is 65.4. The molecule has 0 radical (unpaired) electrons. The molecule has 0 amide bonds. The van der Waals surface area contributed by atoms with Gasteiger partial charge in [-0.3, -0.25) is 4.79 Å². The van der Waals surface area contributed by atoms with E-state index < -0.39 is 21.4 Å². The van der Waals surface area contributed by atoms with Crippen molar-refractivity contribution in [2.24, 2.45) is 23.2 Å². The molecule has 2 saturated carbocycles. The van der Waals surface area contributed by atoms with Crippen LogP contribution in [0.3, 0.4) is 0 Å². The lowest BCUT2D eigenvalue weighted by Crippen LogP contribution is -2.44. The Morgan fingerprint density at radius 3 is 2.50 bits per heavy atom. The van der Waals surface area contributed by atoms with E-state index in [1.165, 1.54) is 22.6 Å². The minimum absolute atomic E-state index is 0.0394. The first kappa shape index (κ1) is 27.7. The van der Waals surface area contributed by atoms with Crippen molar-refractivity contribution >= 4 is 27.7 Å². The zero-order chi connectivity index (χ0) is 27.3. The molecule has 0 aliphatic heterocycles. The maximum atomic E-state index is 13.4. The van der Waals surface area contributed by atoms with Crippen LogP contribution in [-0.4, -0.2) is 26.8 Å². The predicted octanol–water partition coefficient (Wildman–Crippen LogP) is 7.31. The third-order valence-electron chi connectivity index (χ3n) is 9.40. The van der Waals surface area contributed by atoms with E-state index in [0.717, 1.165) is 49.7 Å². The molecule has 0 heterocycles. The van der Waals surface area contributed by atoms with Crippen LogP contribution in [0, 0.1) is 23.2 Å². The molecular weight excluding hydrogens is 533 g/mol. The second kappa shape index (κ2) is 10.3. The molecule has 3 aliphatic rings. The Labute approximate surface area is 226 Å². The Kier molecular flexibility index (Phi) is 7.50. The highest BCUT2D eigenvalue weighted by atomic mass is 32.2. The van der Waals surface area contributed by atoms with E-state index >= 15 is 0 Å².